The van der Waals surface area contributed by atoms with E-state index >= 15 is 0 Å². The van der Waals surface area contributed by atoms with Gasteiger partial charge in [-0.2, -0.15) is 23.7 Å². The Kier molecular flexibility index (Phi) is 3.72. The van der Waals surface area contributed by atoms with Crippen molar-refractivity contribution in [2.24, 2.45) is 0 Å². The third-order valence-electron chi connectivity index (χ3n) is 2.13. The zero-order chi connectivity index (χ0) is 12.6. The van der Waals surface area contributed by atoms with Crippen LogP contribution in [0.3, 0.4) is 0 Å². The molecule has 8 heteroatoms. The number of hydrogen-bond donors (Lipinski definition) is 1. The standard InChI is InChI=1S/C10H3F3N4.Li.H/c11-10(12,13)9-16-7-1-5(3-14)6(4-15)2-8(7)17-9;;/h1-2H,(H,16,17);;. The van der Waals surface area contributed by atoms with E-state index in [4.69, 9.17) is 10.5 Å². The first kappa shape index (κ1) is 14.1. The maximum atomic E-state index is 12.4. The van der Waals surface area contributed by atoms with Crippen LogP contribution in [0.2, 0.25) is 0 Å². The second-order valence-electron chi connectivity index (χ2n) is 3.22. The Balaban J connectivity index is 0.00000162. The normalized spacial score (nSPS) is 10.5. The van der Waals surface area contributed by atoms with Crippen molar-refractivity contribution in [1.82, 2.24) is 9.97 Å². The number of alkyl halides is 3. The Morgan fingerprint density at radius 2 is 1.67 bits per heavy atom. The van der Waals surface area contributed by atoms with Crippen LogP contribution >= 0.6 is 0 Å². The number of halogens is 3. The molecule has 0 spiro atoms. The molecule has 0 aliphatic carbocycles. The fourth-order valence-corrected chi connectivity index (χ4v) is 1.38. The van der Waals surface area contributed by atoms with E-state index < -0.39 is 12.0 Å². The van der Waals surface area contributed by atoms with Gasteiger partial charge in [0.2, 0.25) is 5.82 Å². The number of aromatic nitrogens is 2. The molecule has 4 nitrogen and oxygen atoms in total. The minimum absolute atomic E-state index is 0. The molecule has 0 saturated heterocycles. The van der Waals surface area contributed by atoms with E-state index in [-0.39, 0.29) is 41.0 Å². The van der Waals surface area contributed by atoms with Crippen LogP contribution in [0.4, 0.5) is 13.2 Å². The Hall–Kier alpha value is -1.94. The number of nitrogens with zero attached hydrogens (tertiary/aromatic N) is 3. The molecule has 0 saturated carbocycles. The molecule has 1 N–H and O–H groups in total. The Morgan fingerprint density at radius 1 is 1.11 bits per heavy atom. The van der Waals surface area contributed by atoms with Gasteiger partial charge in [0.15, 0.2) is 0 Å². The van der Waals surface area contributed by atoms with Crippen molar-refractivity contribution in [2.45, 2.75) is 6.18 Å². The van der Waals surface area contributed by atoms with Gasteiger partial charge >= 0.3 is 25.0 Å². The Labute approximate surface area is 111 Å². The number of rotatable bonds is 0. The summed E-state index contributed by atoms with van der Waals surface area (Å²) in [5, 5.41) is 17.4. The number of hydrogen-bond acceptors (Lipinski definition) is 3. The van der Waals surface area contributed by atoms with Crippen LogP contribution in [-0.2, 0) is 6.18 Å². The minimum atomic E-state index is -4.58. The molecular formula is C10H4F3LiN4. The van der Waals surface area contributed by atoms with E-state index in [1.807, 2.05) is 0 Å². The molecule has 0 atom stereocenters. The van der Waals surface area contributed by atoms with E-state index in [0.29, 0.717) is 0 Å². The molecule has 0 aliphatic heterocycles. The van der Waals surface area contributed by atoms with E-state index in [1.165, 1.54) is 6.07 Å². The molecule has 0 unspecified atom stereocenters. The first-order chi connectivity index (χ1) is 7.95. The van der Waals surface area contributed by atoms with Crippen LogP contribution in [0.15, 0.2) is 12.1 Å². The van der Waals surface area contributed by atoms with Gasteiger partial charge in [0.05, 0.1) is 22.2 Å². The van der Waals surface area contributed by atoms with Crippen molar-refractivity contribution in [3.05, 3.63) is 29.1 Å². The summed E-state index contributed by atoms with van der Waals surface area (Å²) in [5.74, 6) is -1.15. The Morgan fingerprint density at radius 3 is 2.17 bits per heavy atom. The molecule has 0 aliphatic rings. The van der Waals surface area contributed by atoms with E-state index in [1.54, 1.807) is 12.1 Å². The molecule has 0 amide bonds. The van der Waals surface area contributed by atoms with Crippen LogP contribution < -0.4 is 0 Å². The molecule has 1 heterocycles. The summed E-state index contributed by atoms with van der Waals surface area (Å²) < 4.78 is 37.1. The van der Waals surface area contributed by atoms with Crippen LogP contribution in [0.25, 0.3) is 11.0 Å². The fraction of sp³-hybridized carbons (Fsp3) is 0.100. The zero-order valence-corrected chi connectivity index (χ0v) is 8.13. The van der Waals surface area contributed by atoms with E-state index in [0.717, 1.165) is 6.07 Å². The summed E-state index contributed by atoms with van der Waals surface area (Å²) in [5.41, 5.74) is 0.0957. The fourth-order valence-electron chi connectivity index (χ4n) is 1.38. The molecular weight excluding hydrogens is 240 g/mol. The summed E-state index contributed by atoms with van der Waals surface area (Å²) in [4.78, 5) is 5.39. The summed E-state index contributed by atoms with van der Waals surface area (Å²) in [7, 11) is 0. The van der Waals surface area contributed by atoms with Gasteiger partial charge in [-0.3, -0.25) is 0 Å². The van der Waals surface area contributed by atoms with Gasteiger partial charge in [-0.15, -0.1) is 0 Å². The van der Waals surface area contributed by atoms with Gasteiger partial charge in [0.1, 0.15) is 12.1 Å². The second-order valence-corrected chi connectivity index (χ2v) is 3.22. The monoisotopic (exact) mass is 244 g/mol. The molecule has 1 aromatic carbocycles. The number of nitriles is 2. The van der Waals surface area contributed by atoms with Crippen LogP contribution in [-0.4, -0.2) is 28.8 Å². The van der Waals surface area contributed by atoms with Gasteiger partial charge in [-0.25, -0.2) is 4.98 Å². The molecule has 18 heavy (non-hydrogen) atoms. The third kappa shape index (κ3) is 2.33. The Bertz CT molecular complexity index is 624. The van der Waals surface area contributed by atoms with E-state index in [9.17, 15) is 13.2 Å². The molecule has 2 rings (SSSR count). The summed E-state index contributed by atoms with van der Waals surface area (Å²) in [6.07, 6.45) is -4.58. The maximum absolute atomic E-state index is 12.4. The molecule has 0 bridgehead atoms. The van der Waals surface area contributed by atoms with Crippen molar-refractivity contribution in [3.8, 4) is 12.1 Å². The van der Waals surface area contributed by atoms with Crippen molar-refractivity contribution in [1.29, 1.82) is 10.5 Å². The summed E-state index contributed by atoms with van der Waals surface area (Å²) >= 11 is 0. The molecule has 0 fully saturated rings. The van der Waals surface area contributed by atoms with Gasteiger partial charge in [-0.05, 0) is 12.1 Å². The third-order valence-corrected chi connectivity index (χ3v) is 2.13. The molecule has 1 aromatic heterocycles. The SMILES string of the molecule is N#Cc1cc2nc(C(F)(F)F)[nH]c2cc1C#N.[LiH]. The number of benzene rings is 1. The first-order valence-corrected chi connectivity index (χ1v) is 4.37. The van der Waals surface area contributed by atoms with Gasteiger partial charge in [0, 0.05) is 0 Å². The number of fused-ring (bicyclic) bond motifs is 1. The van der Waals surface area contributed by atoms with Crippen molar-refractivity contribution >= 4 is 29.9 Å². The zero-order valence-electron chi connectivity index (χ0n) is 8.13. The number of nitrogens with one attached hydrogen (secondary N) is 1. The van der Waals surface area contributed by atoms with E-state index in [2.05, 4.69) is 9.97 Å². The summed E-state index contributed by atoms with van der Waals surface area (Å²) in [6.45, 7) is 0. The predicted molar refractivity (Wildman–Crippen MR) is 57.7 cm³/mol. The quantitative estimate of drug-likeness (QED) is 0.716. The van der Waals surface area contributed by atoms with Crippen molar-refractivity contribution in [2.75, 3.05) is 0 Å². The number of aromatic amines is 1. The van der Waals surface area contributed by atoms with Gasteiger partial charge in [0.25, 0.3) is 0 Å². The topological polar surface area (TPSA) is 76.3 Å². The molecule has 86 valence electrons. The number of imidazole rings is 1. The second kappa shape index (κ2) is 4.74. The van der Waals surface area contributed by atoms with Crippen molar-refractivity contribution < 1.29 is 13.2 Å². The molecule has 0 radical (unpaired) electrons. The van der Waals surface area contributed by atoms with Crippen molar-refractivity contribution in [3.63, 3.8) is 0 Å². The summed E-state index contributed by atoms with van der Waals surface area (Å²) in [6, 6.07) is 5.79. The predicted octanol–water partition coefficient (Wildman–Crippen LogP) is 1.68. The van der Waals surface area contributed by atoms with Crippen LogP contribution in [0.5, 0.6) is 0 Å². The average molecular weight is 244 g/mol. The number of H-pyrrole nitrogens is 1. The average Bonchev–Trinajstić information content (AvgIpc) is 2.69. The molecule has 2 aromatic rings. The van der Waals surface area contributed by atoms with Crippen LogP contribution in [0.1, 0.15) is 17.0 Å². The van der Waals surface area contributed by atoms with Gasteiger partial charge < -0.3 is 4.98 Å². The first-order valence-electron chi connectivity index (χ1n) is 4.37. The van der Waals surface area contributed by atoms with Crippen LogP contribution in [0, 0.1) is 22.7 Å². The van der Waals surface area contributed by atoms with Gasteiger partial charge in [-0.1, -0.05) is 0 Å².